The van der Waals surface area contributed by atoms with Crippen LogP contribution in [0.15, 0.2) is 12.4 Å². The number of rotatable bonds is 1. The lowest BCUT2D eigenvalue weighted by Crippen LogP contribution is -1.95. The van der Waals surface area contributed by atoms with Crippen molar-refractivity contribution in [1.82, 2.24) is 10.2 Å². The van der Waals surface area contributed by atoms with E-state index in [0.717, 1.165) is 6.20 Å². The monoisotopic (exact) mass is 140 g/mol. The zero-order valence-corrected chi connectivity index (χ0v) is 6.00. The van der Waals surface area contributed by atoms with Gasteiger partial charge >= 0.3 is 0 Å². The average molecular weight is 140 g/mol. The highest BCUT2D eigenvalue weighted by Crippen LogP contribution is 2.14. The molecule has 0 fully saturated rings. The summed E-state index contributed by atoms with van der Waals surface area (Å²) >= 11 is 0. The second-order valence-corrected chi connectivity index (χ2v) is 2.45. The number of nitrogens with zero attached hydrogens (tertiary/aromatic N) is 2. The number of halogens is 1. The average Bonchev–Trinajstić information content (AvgIpc) is 1.88. The Kier molecular flexibility index (Phi) is 1.94. The van der Waals surface area contributed by atoms with Gasteiger partial charge in [-0.15, -0.1) is 0 Å². The Labute approximate surface area is 59.1 Å². The Morgan fingerprint density at radius 3 is 2.30 bits per heavy atom. The Hall–Kier alpha value is -0.990. The highest BCUT2D eigenvalue weighted by molar-refractivity contribution is 5.12. The van der Waals surface area contributed by atoms with Crippen molar-refractivity contribution in [2.45, 2.75) is 19.8 Å². The molecule has 0 aromatic carbocycles. The van der Waals surface area contributed by atoms with Crippen LogP contribution in [0.25, 0.3) is 0 Å². The molecule has 0 radical (unpaired) electrons. The Bertz CT molecular complexity index is 223. The zero-order chi connectivity index (χ0) is 7.56. The second-order valence-electron chi connectivity index (χ2n) is 2.45. The highest BCUT2D eigenvalue weighted by atomic mass is 19.1. The maximum Gasteiger partial charge on any atom is 0.148 e. The summed E-state index contributed by atoms with van der Waals surface area (Å²) in [5, 5.41) is 6.98. The van der Waals surface area contributed by atoms with E-state index in [1.807, 2.05) is 13.8 Å². The van der Waals surface area contributed by atoms with Crippen molar-refractivity contribution in [3.63, 3.8) is 0 Å². The van der Waals surface area contributed by atoms with Crippen LogP contribution >= 0.6 is 0 Å². The zero-order valence-electron chi connectivity index (χ0n) is 6.00. The van der Waals surface area contributed by atoms with E-state index in [1.165, 1.54) is 6.20 Å². The molecule has 0 saturated carbocycles. The van der Waals surface area contributed by atoms with Crippen LogP contribution in [-0.2, 0) is 0 Å². The van der Waals surface area contributed by atoms with E-state index in [-0.39, 0.29) is 11.7 Å². The van der Waals surface area contributed by atoms with Crippen molar-refractivity contribution in [1.29, 1.82) is 0 Å². The molecule has 2 nitrogen and oxygen atoms in total. The fourth-order valence-corrected chi connectivity index (χ4v) is 0.741. The van der Waals surface area contributed by atoms with Gasteiger partial charge in [-0.2, -0.15) is 10.2 Å². The molecule has 54 valence electrons. The summed E-state index contributed by atoms with van der Waals surface area (Å²) in [6, 6.07) is 0. The van der Waals surface area contributed by atoms with Crippen molar-refractivity contribution in [2.75, 3.05) is 0 Å². The third-order valence-electron chi connectivity index (χ3n) is 1.33. The SMILES string of the molecule is CC(C)c1cnncc1F. The minimum atomic E-state index is -0.273. The van der Waals surface area contributed by atoms with E-state index in [2.05, 4.69) is 10.2 Å². The molecule has 3 heteroatoms. The smallest absolute Gasteiger partial charge is 0.148 e. The van der Waals surface area contributed by atoms with E-state index in [9.17, 15) is 4.39 Å². The lowest BCUT2D eigenvalue weighted by molar-refractivity contribution is 0.584. The van der Waals surface area contributed by atoms with Crippen LogP contribution in [0, 0.1) is 5.82 Å². The summed E-state index contributed by atoms with van der Waals surface area (Å²) < 4.78 is 12.7. The van der Waals surface area contributed by atoms with Crippen LogP contribution in [0.1, 0.15) is 25.3 Å². The first kappa shape index (κ1) is 7.12. The molecule has 0 aliphatic rings. The van der Waals surface area contributed by atoms with E-state index in [0.29, 0.717) is 5.56 Å². The molecule has 1 heterocycles. The van der Waals surface area contributed by atoms with Crippen LogP contribution in [0.5, 0.6) is 0 Å². The molecular weight excluding hydrogens is 131 g/mol. The van der Waals surface area contributed by atoms with Gasteiger partial charge in [0.25, 0.3) is 0 Å². The molecule has 1 aromatic rings. The lowest BCUT2D eigenvalue weighted by atomic mass is 10.1. The van der Waals surface area contributed by atoms with Crippen molar-refractivity contribution in [3.8, 4) is 0 Å². The van der Waals surface area contributed by atoms with Gasteiger partial charge in [0.15, 0.2) is 0 Å². The van der Waals surface area contributed by atoms with Crippen LogP contribution in [0.4, 0.5) is 4.39 Å². The molecule has 0 atom stereocenters. The summed E-state index contributed by atoms with van der Waals surface area (Å²) in [6.45, 7) is 3.83. The van der Waals surface area contributed by atoms with E-state index in [1.54, 1.807) is 0 Å². The van der Waals surface area contributed by atoms with Gasteiger partial charge in [0, 0.05) is 5.56 Å². The molecule has 0 unspecified atom stereocenters. The minimum Gasteiger partial charge on any atom is -0.205 e. The predicted molar refractivity (Wildman–Crippen MR) is 36.1 cm³/mol. The number of hydrogen-bond acceptors (Lipinski definition) is 2. The molecule has 0 saturated heterocycles. The summed E-state index contributed by atoms with van der Waals surface area (Å²) in [5.74, 6) is -0.0968. The van der Waals surface area contributed by atoms with Crippen molar-refractivity contribution >= 4 is 0 Å². The van der Waals surface area contributed by atoms with Gasteiger partial charge in [0.2, 0.25) is 0 Å². The Morgan fingerprint density at radius 2 is 1.90 bits per heavy atom. The summed E-state index contributed by atoms with van der Waals surface area (Å²) in [6.07, 6.45) is 2.59. The van der Waals surface area contributed by atoms with Crippen molar-refractivity contribution < 1.29 is 4.39 Å². The van der Waals surface area contributed by atoms with E-state index in [4.69, 9.17) is 0 Å². The third-order valence-corrected chi connectivity index (χ3v) is 1.33. The Morgan fingerprint density at radius 1 is 1.30 bits per heavy atom. The molecule has 1 aromatic heterocycles. The van der Waals surface area contributed by atoms with Crippen molar-refractivity contribution in [2.24, 2.45) is 0 Å². The molecule has 0 N–H and O–H groups in total. The maximum absolute atomic E-state index is 12.7. The quantitative estimate of drug-likeness (QED) is 0.593. The largest absolute Gasteiger partial charge is 0.205 e. The van der Waals surface area contributed by atoms with Gasteiger partial charge in [0.05, 0.1) is 12.4 Å². The molecule has 1 rings (SSSR count). The van der Waals surface area contributed by atoms with Crippen LogP contribution in [-0.4, -0.2) is 10.2 Å². The van der Waals surface area contributed by atoms with Crippen LogP contribution < -0.4 is 0 Å². The van der Waals surface area contributed by atoms with Crippen LogP contribution in [0.2, 0.25) is 0 Å². The normalized spacial score (nSPS) is 10.4. The fourth-order valence-electron chi connectivity index (χ4n) is 0.741. The lowest BCUT2D eigenvalue weighted by Gasteiger charge is -2.02. The van der Waals surface area contributed by atoms with Gasteiger partial charge < -0.3 is 0 Å². The number of aromatic nitrogens is 2. The van der Waals surface area contributed by atoms with E-state index < -0.39 is 0 Å². The summed E-state index contributed by atoms with van der Waals surface area (Å²) in [4.78, 5) is 0. The highest BCUT2D eigenvalue weighted by Gasteiger charge is 2.04. The van der Waals surface area contributed by atoms with Gasteiger partial charge in [-0.1, -0.05) is 13.8 Å². The first-order valence-corrected chi connectivity index (χ1v) is 3.18. The van der Waals surface area contributed by atoms with Crippen LogP contribution in [0.3, 0.4) is 0 Å². The molecule has 0 amide bonds. The molecule has 0 spiro atoms. The summed E-state index contributed by atoms with van der Waals surface area (Å²) in [7, 11) is 0. The number of hydrogen-bond donors (Lipinski definition) is 0. The van der Waals surface area contributed by atoms with Gasteiger partial charge in [-0.05, 0) is 5.92 Å². The standard InChI is InChI=1S/C7H9FN2/c1-5(2)6-3-9-10-4-7(6)8/h3-5H,1-2H3. The molecular formula is C7H9FN2. The van der Waals surface area contributed by atoms with Gasteiger partial charge in [-0.25, -0.2) is 4.39 Å². The third kappa shape index (κ3) is 1.29. The van der Waals surface area contributed by atoms with Gasteiger partial charge in [-0.3, -0.25) is 0 Å². The second kappa shape index (κ2) is 2.73. The van der Waals surface area contributed by atoms with E-state index >= 15 is 0 Å². The first-order valence-electron chi connectivity index (χ1n) is 3.18. The first-order chi connectivity index (χ1) is 4.72. The minimum absolute atomic E-state index is 0.176. The van der Waals surface area contributed by atoms with Gasteiger partial charge in [0.1, 0.15) is 5.82 Å². The van der Waals surface area contributed by atoms with Crippen molar-refractivity contribution in [3.05, 3.63) is 23.8 Å². The maximum atomic E-state index is 12.7. The Balaban J connectivity index is 3.03. The molecule has 0 aliphatic heterocycles. The molecule has 10 heavy (non-hydrogen) atoms. The molecule has 0 bridgehead atoms. The fraction of sp³-hybridized carbons (Fsp3) is 0.429. The molecule has 0 aliphatic carbocycles. The summed E-state index contributed by atoms with van der Waals surface area (Å²) in [5.41, 5.74) is 0.620. The predicted octanol–water partition coefficient (Wildman–Crippen LogP) is 1.74. The topological polar surface area (TPSA) is 25.8 Å².